The Morgan fingerprint density at radius 1 is 1.40 bits per heavy atom. The summed E-state index contributed by atoms with van der Waals surface area (Å²) in [5, 5.41) is 0.881. The number of para-hydroxylation sites is 1. The number of halogens is 1. The Kier molecular flexibility index (Phi) is 5.74. The first kappa shape index (κ1) is 15.7. The first-order valence-electron chi connectivity index (χ1n) is 7.93. The molecule has 2 atom stereocenters. The second kappa shape index (κ2) is 7.33. The minimum Gasteiger partial charge on any atom is -0.367 e. The predicted octanol–water partition coefficient (Wildman–Crippen LogP) is 4.39. The molecule has 1 aliphatic heterocycles. The molecule has 1 fully saturated rings. The summed E-state index contributed by atoms with van der Waals surface area (Å²) in [5.74, 6) is 0. The van der Waals surface area contributed by atoms with Crippen molar-refractivity contribution < 1.29 is 0 Å². The summed E-state index contributed by atoms with van der Waals surface area (Å²) < 4.78 is 0. The number of hydrogen-bond acceptors (Lipinski definition) is 2. The van der Waals surface area contributed by atoms with Crippen LogP contribution >= 0.6 is 11.6 Å². The van der Waals surface area contributed by atoms with E-state index < -0.39 is 0 Å². The van der Waals surface area contributed by atoms with E-state index in [0.717, 1.165) is 18.0 Å². The third-order valence-electron chi connectivity index (χ3n) is 4.15. The Morgan fingerprint density at radius 3 is 2.90 bits per heavy atom. The van der Waals surface area contributed by atoms with Crippen molar-refractivity contribution in [2.24, 2.45) is 5.73 Å². The Labute approximate surface area is 128 Å². The molecule has 0 saturated carbocycles. The molecule has 0 bridgehead atoms. The summed E-state index contributed by atoms with van der Waals surface area (Å²) in [6.45, 7) is 5.45. The molecular formula is C17H27ClN2. The van der Waals surface area contributed by atoms with Gasteiger partial charge in [0, 0.05) is 18.6 Å². The lowest BCUT2D eigenvalue weighted by Gasteiger charge is -2.39. The molecule has 2 nitrogen and oxygen atoms in total. The highest BCUT2D eigenvalue weighted by molar-refractivity contribution is 6.33. The minimum atomic E-state index is 0.168. The maximum atomic E-state index is 6.53. The van der Waals surface area contributed by atoms with Gasteiger partial charge in [-0.25, -0.2) is 0 Å². The Balaban J connectivity index is 2.33. The summed E-state index contributed by atoms with van der Waals surface area (Å²) >= 11 is 6.53. The standard InChI is InChI=1S/C17H27ClN2/c1-3-7-15-9-4-5-11-20(15)17-14(12-13(2)19)8-6-10-16(17)18/h6,8,10,13,15H,3-5,7,9,11-12,19H2,1-2H3. The smallest absolute Gasteiger partial charge is 0.0642 e. The number of anilines is 1. The molecule has 0 radical (unpaired) electrons. The number of nitrogens with two attached hydrogens (primary N) is 1. The largest absolute Gasteiger partial charge is 0.367 e. The van der Waals surface area contributed by atoms with Gasteiger partial charge in [-0.3, -0.25) is 0 Å². The van der Waals surface area contributed by atoms with E-state index in [1.165, 1.54) is 43.4 Å². The summed E-state index contributed by atoms with van der Waals surface area (Å²) in [4.78, 5) is 2.55. The fourth-order valence-corrected chi connectivity index (χ4v) is 3.62. The zero-order valence-corrected chi connectivity index (χ0v) is 13.5. The Hall–Kier alpha value is -0.730. The van der Waals surface area contributed by atoms with Crippen LogP contribution in [0.25, 0.3) is 0 Å². The topological polar surface area (TPSA) is 29.3 Å². The van der Waals surface area contributed by atoms with Crippen LogP contribution in [-0.4, -0.2) is 18.6 Å². The monoisotopic (exact) mass is 294 g/mol. The summed E-state index contributed by atoms with van der Waals surface area (Å²) in [6.07, 6.45) is 7.27. The number of nitrogens with zero attached hydrogens (tertiary/aromatic N) is 1. The maximum absolute atomic E-state index is 6.53. The van der Waals surface area contributed by atoms with Gasteiger partial charge in [0.15, 0.2) is 0 Å². The van der Waals surface area contributed by atoms with Gasteiger partial charge < -0.3 is 10.6 Å². The van der Waals surface area contributed by atoms with Crippen molar-refractivity contribution in [3.05, 3.63) is 28.8 Å². The summed E-state index contributed by atoms with van der Waals surface area (Å²) in [6, 6.07) is 7.05. The van der Waals surface area contributed by atoms with E-state index >= 15 is 0 Å². The minimum absolute atomic E-state index is 0.168. The molecule has 20 heavy (non-hydrogen) atoms. The van der Waals surface area contributed by atoms with Crippen LogP contribution in [0.1, 0.15) is 51.5 Å². The van der Waals surface area contributed by atoms with Gasteiger partial charge in [0.25, 0.3) is 0 Å². The molecule has 3 heteroatoms. The van der Waals surface area contributed by atoms with Crippen LogP contribution in [0.15, 0.2) is 18.2 Å². The fraction of sp³-hybridized carbons (Fsp3) is 0.647. The molecule has 2 N–H and O–H groups in total. The van der Waals surface area contributed by atoms with Crippen LogP contribution in [-0.2, 0) is 6.42 Å². The SMILES string of the molecule is CCCC1CCCCN1c1c(Cl)cccc1CC(C)N. The fourth-order valence-electron chi connectivity index (χ4n) is 3.32. The van der Waals surface area contributed by atoms with E-state index in [2.05, 4.69) is 24.8 Å². The average molecular weight is 295 g/mol. The summed E-state index contributed by atoms with van der Waals surface area (Å²) in [7, 11) is 0. The van der Waals surface area contributed by atoms with Crippen LogP contribution < -0.4 is 10.6 Å². The molecule has 1 saturated heterocycles. The molecule has 0 aliphatic carbocycles. The van der Waals surface area contributed by atoms with Gasteiger partial charge in [-0.05, 0) is 50.7 Å². The lowest BCUT2D eigenvalue weighted by atomic mass is 9.95. The zero-order chi connectivity index (χ0) is 14.5. The molecule has 1 heterocycles. The van der Waals surface area contributed by atoms with Crippen molar-refractivity contribution in [1.82, 2.24) is 0 Å². The van der Waals surface area contributed by atoms with Crippen molar-refractivity contribution in [3.8, 4) is 0 Å². The lowest BCUT2D eigenvalue weighted by molar-refractivity contribution is 0.433. The van der Waals surface area contributed by atoms with Crippen LogP contribution in [0.4, 0.5) is 5.69 Å². The van der Waals surface area contributed by atoms with E-state index in [-0.39, 0.29) is 6.04 Å². The molecule has 112 valence electrons. The molecule has 1 aliphatic rings. The Morgan fingerprint density at radius 2 is 2.20 bits per heavy atom. The first-order chi connectivity index (χ1) is 9.63. The average Bonchev–Trinajstić information content (AvgIpc) is 2.40. The van der Waals surface area contributed by atoms with Gasteiger partial charge in [0.2, 0.25) is 0 Å². The highest BCUT2D eigenvalue weighted by Crippen LogP contribution is 2.36. The highest BCUT2D eigenvalue weighted by Gasteiger charge is 2.25. The van der Waals surface area contributed by atoms with Crippen LogP contribution in [0.2, 0.25) is 5.02 Å². The molecule has 1 aromatic rings. The zero-order valence-electron chi connectivity index (χ0n) is 12.7. The van der Waals surface area contributed by atoms with Crippen molar-refractivity contribution in [2.75, 3.05) is 11.4 Å². The van der Waals surface area contributed by atoms with Gasteiger partial charge in [0.05, 0.1) is 10.7 Å². The normalized spacial score (nSPS) is 21.0. The number of hydrogen-bond donors (Lipinski definition) is 1. The Bertz CT molecular complexity index is 429. The van der Waals surface area contributed by atoms with E-state index in [4.69, 9.17) is 17.3 Å². The highest BCUT2D eigenvalue weighted by atomic mass is 35.5. The van der Waals surface area contributed by atoms with Crippen molar-refractivity contribution in [3.63, 3.8) is 0 Å². The van der Waals surface area contributed by atoms with Crippen molar-refractivity contribution in [1.29, 1.82) is 0 Å². The first-order valence-corrected chi connectivity index (χ1v) is 8.31. The van der Waals surface area contributed by atoms with Crippen molar-refractivity contribution >= 4 is 17.3 Å². The second-order valence-electron chi connectivity index (χ2n) is 6.06. The maximum Gasteiger partial charge on any atom is 0.0642 e. The third-order valence-corrected chi connectivity index (χ3v) is 4.45. The molecular weight excluding hydrogens is 268 g/mol. The number of rotatable bonds is 5. The molecule has 0 spiro atoms. The lowest BCUT2D eigenvalue weighted by Crippen LogP contribution is -2.40. The summed E-state index contributed by atoms with van der Waals surface area (Å²) in [5.41, 5.74) is 8.55. The van der Waals surface area contributed by atoms with Gasteiger partial charge in [-0.2, -0.15) is 0 Å². The van der Waals surface area contributed by atoms with E-state index in [1.807, 2.05) is 12.1 Å². The number of piperidine rings is 1. The predicted molar refractivity (Wildman–Crippen MR) is 88.7 cm³/mol. The quantitative estimate of drug-likeness (QED) is 0.873. The molecule has 0 amide bonds. The second-order valence-corrected chi connectivity index (χ2v) is 6.47. The van der Waals surface area contributed by atoms with Crippen molar-refractivity contribution in [2.45, 2.75) is 64.5 Å². The van der Waals surface area contributed by atoms with Crippen LogP contribution in [0.5, 0.6) is 0 Å². The van der Waals surface area contributed by atoms with E-state index in [0.29, 0.717) is 6.04 Å². The van der Waals surface area contributed by atoms with Gasteiger partial charge in [-0.1, -0.05) is 37.1 Å². The van der Waals surface area contributed by atoms with E-state index in [9.17, 15) is 0 Å². The van der Waals surface area contributed by atoms with Gasteiger partial charge in [0.1, 0.15) is 0 Å². The molecule has 1 aromatic carbocycles. The molecule has 2 rings (SSSR count). The molecule has 2 unspecified atom stereocenters. The van der Waals surface area contributed by atoms with Gasteiger partial charge >= 0.3 is 0 Å². The number of benzene rings is 1. The third kappa shape index (κ3) is 3.67. The van der Waals surface area contributed by atoms with Gasteiger partial charge in [-0.15, -0.1) is 0 Å². The van der Waals surface area contributed by atoms with Crippen LogP contribution in [0.3, 0.4) is 0 Å². The van der Waals surface area contributed by atoms with E-state index in [1.54, 1.807) is 0 Å². The molecule has 0 aromatic heterocycles. The van der Waals surface area contributed by atoms with Crippen LogP contribution in [0, 0.1) is 0 Å².